The Bertz CT molecular complexity index is 613. The van der Waals surface area contributed by atoms with Crippen LogP contribution in [0.5, 0.6) is 5.75 Å². The van der Waals surface area contributed by atoms with Crippen molar-refractivity contribution in [1.29, 1.82) is 0 Å². The smallest absolute Gasteiger partial charge is 0.238 e. The number of aliphatic hydroxyl groups is 2. The summed E-state index contributed by atoms with van der Waals surface area (Å²) in [6.45, 7) is 0. The van der Waals surface area contributed by atoms with Gasteiger partial charge in [-0.05, 0) is 18.6 Å². The van der Waals surface area contributed by atoms with Crippen molar-refractivity contribution in [2.24, 2.45) is 23.7 Å². The summed E-state index contributed by atoms with van der Waals surface area (Å²) in [4.78, 5) is 26.2. The van der Waals surface area contributed by atoms with Gasteiger partial charge in [-0.25, -0.2) is 4.90 Å². The van der Waals surface area contributed by atoms with Gasteiger partial charge in [0.15, 0.2) is 0 Å². The Morgan fingerprint density at radius 3 is 2.00 bits per heavy atom. The topological polar surface area (TPSA) is 98.1 Å². The number of aromatic hydroxyl groups is 1. The summed E-state index contributed by atoms with van der Waals surface area (Å²) in [6.07, 6.45) is -1.39. The lowest BCUT2D eigenvalue weighted by Crippen LogP contribution is -2.43. The van der Waals surface area contributed by atoms with E-state index in [1.54, 1.807) is 12.1 Å². The maximum absolute atomic E-state index is 12.6. The van der Waals surface area contributed by atoms with Crippen LogP contribution in [0.15, 0.2) is 24.3 Å². The van der Waals surface area contributed by atoms with Gasteiger partial charge in [-0.2, -0.15) is 0 Å². The molecule has 2 aliphatic carbocycles. The number of nitrogens with zero attached hydrogens (tertiary/aromatic N) is 1. The lowest BCUT2D eigenvalue weighted by atomic mass is 9.78. The monoisotopic (exact) mass is 289 g/mol. The van der Waals surface area contributed by atoms with Gasteiger partial charge in [-0.15, -0.1) is 0 Å². The zero-order chi connectivity index (χ0) is 14.9. The summed E-state index contributed by atoms with van der Waals surface area (Å²) < 4.78 is 0. The molecule has 2 amide bonds. The number of benzene rings is 1. The van der Waals surface area contributed by atoms with Gasteiger partial charge < -0.3 is 15.3 Å². The Balaban J connectivity index is 1.77. The standard InChI is InChI=1S/C15H15NO5/c17-9-4-2-1-3-8(9)16-14(20)10-6-5-7(11(10)15(16)21)13(19)12(6)18/h1-4,6-7,10-13,17-19H,5H2/t6-,7-,10-,11-,12-,13-/m0/s1. The van der Waals surface area contributed by atoms with Gasteiger partial charge in [0.1, 0.15) is 5.75 Å². The summed E-state index contributed by atoms with van der Waals surface area (Å²) in [5.74, 6) is -2.81. The van der Waals surface area contributed by atoms with Gasteiger partial charge in [-0.1, -0.05) is 12.1 Å². The third-order valence-corrected chi connectivity index (χ3v) is 5.21. The number of carbonyl (C=O) groups excluding carboxylic acids is 2. The molecule has 1 heterocycles. The Kier molecular flexibility index (Phi) is 2.47. The number of hydrogen-bond acceptors (Lipinski definition) is 5. The first-order valence-corrected chi connectivity index (χ1v) is 7.04. The molecule has 0 radical (unpaired) electrons. The number of fused-ring (bicyclic) bond motifs is 5. The fraction of sp³-hybridized carbons (Fsp3) is 0.467. The maximum atomic E-state index is 12.6. The Hall–Kier alpha value is -1.92. The molecule has 1 saturated heterocycles. The molecular weight excluding hydrogens is 274 g/mol. The zero-order valence-corrected chi connectivity index (χ0v) is 11.1. The number of phenolic OH excluding ortho intramolecular Hbond substituents is 1. The second-order valence-electron chi connectivity index (χ2n) is 6.10. The largest absolute Gasteiger partial charge is 0.506 e. The Morgan fingerprint density at radius 2 is 1.48 bits per heavy atom. The average molecular weight is 289 g/mol. The molecule has 4 rings (SSSR count). The number of aliphatic hydroxyl groups excluding tert-OH is 2. The molecule has 1 aromatic carbocycles. The minimum atomic E-state index is -0.947. The first kappa shape index (κ1) is 12.8. The molecule has 3 fully saturated rings. The summed E-state index contributed by atoms with van der Waals surface area (Å²) in [5, 5.41) is 29.8. The van der Waals surface area contributed by atoms with Crippen molar-refractivity contribution in [3.05, 3.63) is 24.3 Å². The molecule has 6 nitrogen and oxygen atoms in total. The van der Waals surface area contributed by atoms with E-state index in [9.17, 15) is 24.9 Å². The summed E-state index contributed by atoms with van der Waals surface area (Å²) >= 11 is 0. The van der Waals surface area contributed by atoms with Crippen molar-refractivity contribution in [3.8, 4) is 5.75 Å². The third kappa shape index (κ3) is 1.43. The predicted molar refractivity (Wildman–Crippen MR) is 71.2 cm³/mol. The average Bonchev–Trinajstić information content (AvgIpc) is 3.06. The minimum Gasteiger partial charge on any atom is -0.506 e. The van der Waals surface area contributed by atoms with Crippen LogP contribution in [0.2, 0.25) is 0 Å². The molecule has 0 spiro atoms. The lowest BCUT2D eigenvalue weighted by molar-refractivity contribution is -0.129. The van der Waals surface area contributed by atoms with E-state index in [0.717, 1.165) is 4.90 Å². The molecule has 1 aliphatic heterocycles. The van der Waals surface area contributed by atoms with E-state index in [-0.39, 0.29) is 35.1 Å². The molecule has 1 aromatic rings. The van der Waals surface area contributed by atoms with Gasteiger partial charge in [0, 0.05) is 11.8 Å². The van der Waals surface area contributed by atoms with Gasteiger partial charge in [0.05, 0.1) is 29.7 Å². The molecule has 3 aliphatic rings. The highest BCUT2D eigenvalue weighted by Crippen LogP contribution is 2.57. The molecule has 0 aromatic heterocycles. The van der Waals surface area contributed by atoms with Crippen LogP contribution in [0.1, 0.15) is 6.42 Å². The number of phenols is 1. The first-order valence-electron chi connectivity index (χ1n) is 7.04. The van der Waals surface area contributed by atoms with Crippen LogP contribution in [0.25, 0.3) is 0 Å². The molecule has 6 heteroatoms. The minimum absolute atomic E-state index is 0.132. The van der Waals surface area contributed by atoms with E-state index >= 15 is 0 Å². The molecule has 6 atom stereocenters. The highest BCUT2D eigenvalue weighted by molar-refractivity contribution is 6.23. The van der Waals surface area contributed by atoms with Gasteiger partial charge >= 0.3 is 0 Å². The van der Waals surface area contributed by atoms with E-state index in [1.165, 1.54) is 12.1 Å². The summed E-state index contributed by atoms with van der Waals surface area (Å²) in [7, 11) is 0. The normalized spacial score (nSPS) is 41.0. The lowest BCUT2D eigenvalue weighted by Gasteiger charge is -2.29. The van der Waals surface area contributed by atoms with Crippen molar-refractivity contribution in [3.63, 3.8) is 0 Å². The molecule has 2 bridgehead atoms. The van der Waals surface area contributed by atoms with Crippen molar-refractivity contribution in [2.75, 3.05) is 4.90 Å². The molecule has 3 N–H and O–H groups in total. The van der Waals surface area contributed by atoms with E-state index in [2.05, 4.69) is 0 Å². The highest BCUT2D eigenvalue weighted by Gasteiger charge is 2.67. The van der Waals surface area contributed by atoms with Crippen molar-refractivity contribution >= 4 is 17.5 Å². The van der Waals surface area contributed by atoms with Crippen molar-refractivity contribution in [1.82, 2.24) is 0 Å². The van der Waals surface area contributed by atoms with Gasteiger partial charge in [0.25, 0.3) is 0 Å². The second kappa shape index (κ2) is 4.05. The first-order chi connectivity index (χ1) is 10.0. The second-order valence-corrected chi connectivity index (χ2v) is 6.10. The number of carbonyl (C=O) groups is 2. The summed E-state index contributed by atoms with van der Waals surface area (Å²) in [6, 6.07) is 6.19. The number of hydrogen-bond donors (Lipinski definition) is 3. The predicted octanol–water partition coefficient (Wildman–Crippen LogP) is -0.131. The van der Waals surface area contributed by atoms with Crippen molar-refractivity contribution < 1.29 is 24.9 Å². The van der Waals surface area contributed by atoms with Crippen LogP contribution in [0.4, 0.5) is 5.69 Å². The van der Waals surface area contributed by atoms with Crippen LogP contribution in [-0.4, -0.2) is 39.3 Å². The number of rotatable bonds is 1. The van der Waals surface area contributed by atoms with E-state index in [0.29, 0.717) is 6.42 Å². The fourth-order valence-electron chi connectivity index (χ4n) is 4.32. The Morgan fingerprint density at radius 1 is 0.952 bits per heavy atom. The Labute approximate surface area is 120 Å². The van der Waals surface area contributed by atoms with E-state index in [1.807, 2.05) is 0 Å². The van der Waals surface area contributed by atoms with Crippen LogP contribution < -0.4 is 4.90 Å². The molecule has 2 saturated carbocycles. The molecule has 110 valence electrons. The number of imide groups is 1. The van der Waals surface area contributed by atoms with Crippen LogP contribution in [-0.2, 0) is 9.59 Å². The number of para-hydroxylation sites is 2. The molecule has 21 heavy (non-hydrogen) atoms. The number of amides is 2. The van der Waals surface area contributed by atoms with Gasteiger partial charge in [-0.3, -0.25) is 9.59 Å². The van der Waals surface area contributed by atoms with E-state index < -0.39 is 24.0 Å². The SMILES string of the molecule is O=C1[C@H]2[C@@H]3C[C@H]([C@H](O)[C@H]3O)[C@@H]2C(=O)N1c1ccccc1O. The maximum Gasteiger partial charge on any atom is 0.238 e. The van der Waals surface area contributed by atoms with Crippen LogP contribution in [0.3, 0.4) is 0 Å². The molecular formula is C15H15NO5. The zero-order valence-electron chi connectivity index (χ0n) is 11.1. The van der Waals surface area contributed by atoms with Crippen molar-refractivity contribution in [2.45, 2.75) is 18.6 Å². The highest BCUT2D eigenvalue weighted by atomic mass is 16.3. The molecule has 0 unspecified atom stereocenters. The fourth-order valence-corrected chi connectivity index (χ4v) is 4.32. The van der Waals surface area contributed by atoms with E-state index in [4.69, 9.17) is 0 Å². The van der Waals surface area contributed by atoms with Crippen LogP contribution >= 0.6 is 0 Å². The third-order valence-electron chi connectivity index (χ3n) is 5.21. The van der Waals surface area contributed by atoms with Crippen LogP contribution in [0, 0.1) is 23.7 Å². The number of anilines is 1. The quantitative estimate of drug-likeness (QED) is 0.626. The van der Waals surface area contributed by atoms with Gasteiger partial charge in [0.2, 0.25) is 11.8 Å². The summed E-state index contributed by atoms with van der Waals surface area (Å²) in [5.41, 5.74) is 0.172.